The average molecular weight is 457 g/mol. The fourth-order valence-electron chi connectivity index (χ4n) is 3.49. The Kier molecular flexibility index (Phi) is 10.3. The summed E-state index contributed by atoms with van der Waals surface area (Å²) >= 11 is 0. The third kappa shape index (κ3) is 8.22. The summed E-state index contributed by atoms with van der Waals surface area (Å²) in [5, 5.41) is 2.27. The van der Waals surface area contributed by atoms with Crippen LogP contribution in [0.3, 0.4) is 0 Å². The molecule has 0 aliphatic carbocycles. The Morgan fingerprint density at radius 1 is 1.34 bits per heavy atom. The molecule has 1 N–H and O–H groups in total. The Morgan fingerprint density at radius 2 is 1.97 bits per heavy atom. The van der Waals surface area contributed by atoms with Gasteiger partial charge in [0.25, 0.3) is 0 Å². The maximum atomic E-state index is 14.1. The molecule has 3 unspecified atom stereocenters. The SMILES string of the molecule is C=CCC(N(CC(=O)OC(C)(C)C)CC(C)F)N(C(=O)N(C)CC)C1CCC(=O)NC1=O. The van der Waals surface area contributed by atoms with Gasteiger partial charge in [-0.05, 0) is 47.5 Å². The molecule has 3 atom stereocenters. The van der Waals surface area contributed by atoms with Gasteiger partial charge in [0.1, 0.15) is 17.8 Å². The molecule has 1 aliphatic rings. The molecule has 0 aromatic heterocycles. The van der Waals surface area contributed by atoms with E-state index < -0.39 is 47.8 Å². The zero-order valence-electron chi connectivity index (χ0n) is 20.0. The molecule has 0 aromatic rings. The standard InChI is InChI=1S/C22H37FN4O5/c1-8-10-18(26(13-15(3)23)14-19(29)32-22(4,5)6)27(21(31)25(7)9-2)16-11-12-17(28)24-20(16)30/h8,15-16,18H,1,9-14H2,2-7H3,(H,24,28,30). The number of nitrogens with zero attached hydrogens (tertiary/aromatic N) is 3. The van der Waals surface area contributed by atoms with Crippen molar-refractivity contribution in [2.24, 2.45) is 0 Å². The number of amides is 4. The lowest BCUT2D eigenvalue weighted by Crippen LogP contribution is -2.64. The van der Waals surface area contributed by atoms with Crippen LogP contribution in [0.1, 0.15) is 53.9 Å². The number of rotatable bonds is 10. The quantitative estimate of drug-likeness (QED) is 0.234. The minimum absolute atomic E-state index is 0.0718. The van der Waals surface area contributed by atoms with Crippen LogP contribution >= 0.6 is 0 Å². The number of carbonyl (C=O) groups excluding carboxylic acids is 4. The van der Waals surface area contributed by atoms with Crippen molar-refractivity contribution in [1.82, 2.24) is 20.0 Å². The third-order valence-corrected chi connectivity index (χ3v) is 4.93. The van der Waals surface area contributed by atoms with Crippen molar-refractivity contribution in [2.45, 2.75) is 77.9 Å². The van der Waals surface area contributed by atoms with Gasteiger partial charge in [-0.3, -0.25) is 29.5 Å². The van der Waals surface area contributed by atoms with Crippen LogP contribution in [0.4, 0.5) is 9.18 Å². The highest BCUT2D eigenvalue weighted by molar-refractivity contribution is 6.01. The Bertz CT molecular complexity index is 707. The molecule has 1 rings (SSSR count). The van der Waals surface area contributed by atoms with E-state index in [1.54, 1.807) is 40.8 Å². The third-order valence-electron chi connectivity index (χ3n) is 4.93. The number of esters is 1. The fourth-order valence-corrected chi connectivity index (χ4v) is 3.49. The predicted molar refractivity (Wildman–Crippen MR) is 118 cm³/mol. The average Bonchev–Trinajstić information content (AvgIpc) is 2.65. The van der Waals surface area contributed by atoms with Crippen LogP contribution < -0.4 is 5.32 Å². The van der Waals surface area contributed by atoms with Crippen molar-refractivity contribution in [3.8, 4) is 0 Å². The number of imide groups is 1. The van der Waals surface area contributed by atoms with E-state index in [2.05, 4.69) is 11.9 Å². The minimum atomic E-state index is -1.31. The summed E-state index contributed by atoms with van der Waals surface area (Å²) in [5.41, 5.74) is -0.737. The lowest BCUT2D eigenvalue weighted by atomic mass is 10.0. The first-order valence-electron chi connectivity index (χ1n) is 10.9. The van der Waals surface area contributed by atoms with Crippen LogP contribution in [0.5, 0.6) is 0 Å². The van der Waals surface area contributed by atoms with Gasteiger partial charge in [-0.15, -0.1) is 6.58 Å². The Labute approximate surface area is 189 Å². The Balaban J connectivity index is 3.40. The summed E-state index contributed by atoms with van der Waals surface area (Å²) in [7, 11) is 1.59. The number of halogens is 1. The smallest absolute Gasteiger partial charge is 0.321 e. The highest BCUT2D eigenvalue weighted by Gasteiger charge is 2.42. The first kappa shape index (κ1) is 27.5. The molecule has 4 amide bonds. The largest absolute Gasteiger partial charge is 0.459 e. The van der Waals surface area contributed by atoms with Crippen LogP contribution in [0.2, 0.25) is 0 Å². The van der Waals surface area contributed by atoms with Crippen molar-refractivity contribution >= 4 is 23.8 Å². The Hall–Kier alpha value is -2.49. The highest BCUT2D eigenvalue weighted by atomic mass is 19.1. The van der Waals surface area contributed by atoms with Crippen molar-refractivity contribution in [3.63, 3.8) is 0 Å². The Morgan fingerprint density at radius 3 is 2.44 bits per heavy atom. The zero-order valence-corrected chi connectivity index (χ0v) is 20.0. The van der Waals surface area contributed by atoms with Crippen molar-refractivity contribution in [3.05, 3.63) is 12.7 Å². The van der Waals surface area contributed by atoms with Gasteiger partial charge in [0.15, 0.2) is 0 Å². The minimum Gasteiger partial charge on any atom is -0.459 e. The van der Waals surface area contributed by atoms with E-state index in [0.717, 1.165) is 0 Å². The maximum Gasteiger partial charge on any atom is 0.321 e. The molecule has 0 saturated carbocycles. The van der Waals surface area contributed by atoms with Gasteiger partial charge < -0.3 is 9.64 Å². The van der Waals surface area contributed by atoms with Crippen LogP contribution in [0.25, 0.3) is 0 Å². The van der Waals surface area contributed by atoms with Crippen LogP contribution in [-0.4, -0.2) is 89.2 Å². The van der Waals surface area contributed by atoms with Gasteiger partial charge in [0.05, 0.1) is 12.7 Å². The molecule has 1 heterocycles. The van der Waals surface area contributed by atoms with E-state index in [1.807, 2.05) is 0 Å². The summed E-state index contributed by atoms with van der Waals surface area (Å²) in [6, 6.07) is -1.41. The van der Waals surface area contributed by atoms with Gasteiger partial charge in [0.2, 0.25) is 11.8 Å². The molecular formula is C22H37FN4O5. The predicted octanol–water partition coefficient (Wildman–Crippen LogP) is 2.07. The molecule has 0 spiro atoms. The highest BCUT2D eigenvalue weighted by Crippen LogP contribution is 2.23. The van der Waals surface area contributed by atoms with E-state index in [9.17, 15) is 23.6 Å². The number of alkyl halides is 1. The lowest BCUT2D eigenvalue weighted by Gasteiger charge is -2.44. The van der Waals surface area contributed by atoms with Gasteiger partial charge in [-0.1, -0.05) is 6.08 Å². The number of ether oxygens (including phenoxy) is 1. The van der Waals surface area contributed by atoms with E-state index >= 15 is 0 Å². The number of urea groups is 1. The van der Waals surface area contributed by atoms with Gasteiger partial charge >= 0.3 is 12.0 Å². The van der Waals surface area contributed by atoms with Gasteiger partial charge in [-0.2, -0.15) is 0 Å². The summed E-state index contributed by atoms with van der Waals surface area (Å²) in [6.45, 7) is 12.0. The number of carbonyl (C=O) groups is 4. The first-order chi connectivity index (χ1) is 14.8. The second-order valence-corrected chi connectivity index (χ2v) is 8.97. The van der Waals surface area contributed by atoms with Gasteiger partial charge in [0, 0.05) is 26.6 Å². The second-order valence-electron chi connectivity index (χ2n) is 8.97. The number of hydrogen-bond acceptors (Lipinski definition) is 6. The second kappa shape index (κ2) is 11.9. The number of nitrogens with one attached hydrogen (secondary N) is 1. The molecule has 9 nitrogen and oxygen atoms in total. The molecule has 1 saturated heterocycles. The molecule has 1 fully saturated rings. The lowest BCUT2D eigenvalue weighted by molar-refractivity contribution is -0.158. The monoisotopic (exact) mass is 456 g/mol. The summed E-state index contributed by atoms with van der Waals surface area (Å²) in [4.78, 5) is 54.5. The van der Waals surface area contributed by atoms with Crippen LogP contribution in [0, 0.1) is 0 Å². The van der Waals surface area contributed by atoms with Crippen molar-refractivity contribution in [2.75, 3.05) is 26.7 Å². The topological polar surface area (TPSA) is 99.3 Å². The zero-order chi connectivity index (χ0) is 24.6. The van der Waals surface area contributed by atoms with E-state index in [0.29, 0.717) is 6.54 Å². The first-order valence-corrected chi connectivity index (χ1v) is 10.9. The summed E-state index contributed by atoms with van der Waals surface area (Å²) < 4.78 is 19.5. The van der Waals surface area contributed by atoms with E-state index in [1.165, 1.54) is 21.6 Å². The van der Waals surface area contributed by atoms with Crippen molar-refractivity contribution in [1.29, 1.82) is 0 Å². The van der Waals surface area contributed by atoms with Crippen molar-refractivity contribution < 1.29 is 28.3 Å². The molecule has 0 radical (unpaired) electrons. The molecule has 0 bridgehead atoms. The van der Waals surface area contributed by atoms with E-state index in [4.69, 9.17) is 4.74 Å². The summed E-state index contributed by atoms with van der Waals surface area (Å²) in [6.07, 6.45) is -0.226. The molecule has 10 heteroatoms. The van der Waals surface area contributed by atoms with E-state index in [-0.39, 0.29) is 32.4 Å². The van der Waals surface area contributed by atoms with Crippen LogP contribution in [0.15, 0.2) is 12.7 Å². The normalized spacial score (nSPS) is 18.6. The molecule has 0 aromatic carbocycles. The number of piperidine rings is 1. The van der Waals surface area contributed by atoms with Gasteiger partial charge in [-0.25, -0.2) is 9.18 Å². The summed E-state index contributed by atoms with van der Waals surface area (Å²) in [5.74, 6) is -1.59. The maximum absolute atomic E-state index is 14.1. The molecule has 1 aliphatic heterocycles. The molecular weight excluding hydrogens is 419 g/mol. The van der Waals surface area contributed by atoms with Crippen LogP contribution in [-0.2, 0) is 19.1 Å². The fraction of sp³-hybridized carbons (Fsp3) is 0.727. The molecule has 32 heavy (non-hydrogen) atoms. The molecule has 182 valence electrons. The number of hydrogen-bond donors (Lipinski definition) is 1.